The summed E-state index contributed by atoms with van der Waals surface area (Å²) in [5, 5.41) is 10.1. The largest absolute Gasteiger partial charge is 0.334 e. The van der Waals surface area contributed by atoms with Crippen LogP contribution in [0.2, 0.25) is 0 Å². The second kappa shape index (κ2) is 6.71. The van der Waals surface area contributed by atoms with Crippen LogP contribution in [0.5, 0.6) is 0 Å². The van der Waals surface area contributed by atoms with E-state index in [0.29, 0.717) is 6.54 Å². The number of nitrogens with zero attached hydrogens (tertiary/aromatic N) is 4. The molecule has 2 aromatic heterocycles. The van der Waals surface area contributed by atoms with E-state index < -0.39 is 0 Å². The molecule has 0 unspecified atom stereocenters. The molecule has 0 aliphatic carbocycles. The first-order valence-corrected chi connectivity index (χ1v) is 9.60. The summed E-state index contributed by atoms with van der Waals surface area (Å²) < 4.78 is 3.93. The fraction of sp³-hybridized carbons (Fsp3) is 0.125. The molecular weight excluding hydrogens is 360 g/mol. The summed E-state index contributed by atoms with van der Waals surface area (Å²) in [5.41, 5.74) is 5.96. The van der Waals surface area contributed by atoms with Crippen molar-refractivity contribution < 1.29 is 0 Å². The number of pyridine rings is 1. The number of aromatic nitrogens is 4. The second-order valence-corrected chi connectivity index (χ2v) is 7.44. The van der Waals surface area contributed by atoms with Crippen LogP contribution in [0.1, 0.15) is 16.8 Å². The molecule has 5 aromatic rings. The van der Waals surface area contributed by atoms with Crippen molar-refractivity contribution in [1.29, 1.82) is 0 Å². The van der Waals surface area contributed by atoms with Gasteiger partial charge in [-0.2, -0.15) is 0 Å². The number of para-hydroxylation sites is 1. The standard InChI is InChI=1S/C24H20N4O/c1-16-7-10-19(11-8-16)28-15-18(25-26-28)14-27-22-6-4-3-5-20(22)24(29)21-13-17(2)9-12-23(21)27/h3-13,15H,14H2,1-2H3. The van der Waals surface area contributed by atoms with Gasteiger partial charge in [0.2, 0.25) is 0 Å². The van der Waals surface area contributed by atoms with Gasteiger partial charge >= 0.3 is 0 Å². The average Bonchev–Trinajstić information content (AvgIpc) is 3.20. The molecule has 29 heavy (non-hydrogen) atoms. The molecule has 5 nitrogen and oxygen atoms in total. The van der Waals surface area contributed by atoms with Gasteiger partial charge in [0.25, 0.3) is 0 Å². The van der Waals surface area contributed by atoms with Gasteiger partial charge < -0.3 is 4.57 Å². The molecule has 0 fully saturated rings. The summed E-state index contributed by atoms with van der Waals surface area (Å²) in [5.74, 6) is 0. The molecule has 5 heteroatoms. The lowest BCUT2D eigenvalue weighted by Crippen LogP contribution is -2.12. The number of hydrogen-bond acceptors (Lipinski definition) is 3. The quantitative estimate of drug-likeness (QED) is 0.436. The fourth-order valence-electron chi connectivity index (χ4n) is 3.77. The molecule has 0 spiro atoms. The maximum absolute atomic E-state index is 13.0. The Morgan fingerprint density at radius 2 is 1.55 bits per heavy atom. The molecule has 142 valence electrons. The molecule has 0 saturated heterocycles. The van der Waals surface area contributed by atoms with E-state index in [1.165, 1.54) is 5.56 Å². The van der Waals surface area contributed by atoms with E-state index in [4.69, 9.17) is 0 Å². The van der Waals surface area contributed by atoms with Crippen LogP contribution in [-0.4, -0.2) is 19.6 Å². The molecule has 0 aliphatic heterocycles. The monoisotopic (exact) mass is 380 g/mol. The predicted octanol–water partition coefficient (Wildman–Crippen LogP) is 4.40. The highest BCUT2D eigenvalue weighted by Gasteiger charge is 2.13. The van der Waals surface area contributed by atoms with Crippen LogP contribution in [0, 0.1) is 13.8 Å². The summed E-state index contributed by atoms with van der Waals surface area (Å²) in [6.07, 6.45) is 1.94. The Morgan fingerprint density at radius 3 is 2.38 bits per heavy atom. The van der Waals surface area contributed by atoms with Crippen molar-refractivity contribution in [3.8, 4) is 5.69 Å². The van der Waals surface area contributed by atoms with Gasteiger partial charge in [0, 0.05) is 10.8 Å². The first kappa shape index (κ1) is 17.4. The summed E-state index contributed by atoms with van der Waals surface area (Å²) in [6.45, 7) is 4.60. The molecule has 0 saturated carbocycles. The third kappa shape index (κ3) is 3.01. The third-order valence-corrected chi connectivity index (χ3v) is 5.29. The molecule has 0 bridgehead atoms. The van der Waals surface area contributed by atoms with Crippen LogP contribution in [0.3, 0.4) is 0 Å². The van der Waals surface area contributed by atoms with Crippen molar-refractivity contribution >= 4 is 21.8 Å². The van der Waals surface area contributed by atoms with Crippen molar-refractivity contribution in [3.63, 3.8) is 0 Å². The molecule has 0 amide bonds. The summed E-state index contributed by atoms with van der Waals surface area (Å²) in [7, 11) is 0. The summed E-state index contributed by atoms with van der Waals surface area (Å²) >= 11 is 0. The van der Waals surface area contributed by atoms with Crippen molar-refractivity contribution in [2.75, 3.05) is 0 Å². The Labute approximate surface area is 167 Å². The number of hydrogen-bond donors (Lipinski definition) is 0. The highest BCUT2D eigenvalue weighted by molar-refractivity contribution is 5.93. The Kier molecular flexibility index (Phi) is 4.02. The van der Waals surface area contributed by atoms with E-state index in [1.54, 1.807) is 4.68 Å². The van der Waals surface area contributed by atoms with Gasteiger partial charge in [-0.3, -0.25) is 4.79 Å². The van der Waals surface area contributed by atoms with Crippen LogP contribution >= 0.6 is 0 Å². The number of fused-ring (bicyclic) bond motifs is 2. The van der Waals surface area contributed by atoms with Gasteiger partial charge in [-0.05, 0) is 50.2 Å². The fourth-order valence-corrected chi connectivity index (χ4v) is 3.77. The zero-order valence-corrected chi connectivity index (χ0v) is 16.3. The zero-order valence-electron chi connectivity index (χ0n) is 16.3. The van der Waals surface area contributed by atoms with E-state index in [-0.39, 0.29) is 5.43 Å². The van der Waals surface area contributed by atoms with Gasteiger partial charge in [-0.1, -0.05) is 46.7 Å². The topological polar surface area (TPSA) is 52.7 Å². The minimum Gasteiger partial charge on any atom is -0.334 e. The first-order valence-electron chi connectivity index (χ1n) is 9.60. The second-order valence-electron chi connectivity index (χ2n) is 7.44. The van der Waals surface area contributed by atoms with Crippen LogP contribution in [0.15, 0.2) is 77.7 Å². The minimum absolute atomic E-state index is 0.0684. The Balaban J connectivity index is 1.66. The van der Waals surface area contributed by atoms with Gasteiger partial charge in [0.15, 0.2) is 5.43 Å². The maximum Gasteiger partial charge on any atom is 0.197 e. The van der Waals surface area contributed by atoms with E-state index in [1.807, 2.05) is 67.7 Å². The average molecular weight is 380 g/mol. The minimum atomic E-state index is 0.0684. The summed E-state index contributed by atoms with van der Waals surface area (Å²) in [4.78, 5) is 13.0. The zero-order chi connectivity index (χ0) is 20.0. The lowest BCUT2D eigenvalue weighted by Gasteiger charge is -2.14. The lowest BCUT2D eigenvalue weighted by atomic mass is 10.1. The van der Waals surface area contributed by atoms with E-state index in [0.717, 1.165) is 38.8 Å². The Bertz CT molecular complexity index is 1410. The molecule has 0 radical (unpaired) electrons. The van der Waals surface area contributed by atoms with Crippen LogP contribution < -0.4 is 5.43 Å². The molecular formula is C24H20N4O. The maximum atomic E-state index is 13.0. The van der Waals surface area contributed by atoms with Crippen molar-refractivity contribution in [2.24, 2.45) is 0 Å². The molecule has 3 aromatic carbocycles. The van der Waals surface area contributed by atoms with Crippen molar-refractivity contribution in [1.82, 2.24) is 19.6 Å². The van der Waals surface area contributed by atoms with E-state index >= 15 is 0 Å². The third-order valence-electron chi connectivity index (χ3n) is 5.29. The van der Waals surface area contributed by atoms with Gasteiger partial charge in [-0.15, -0.1) is 5.10 Å². The van der Waals surface area contributed by atoms with Crippen molar-refractivity contribution in [3.05, 3.63) is 100.0 Å². The highest BCUT2D eigenvalue weighted by Crippen LogP contribution is 2.21. The van der Waals surface area contributed by atoms with Crippen LogP contribution in [-0.2, 0) is 6.54 Å². The van der Waals surface area contributed by atoms with E-state index in [9.17, 15) is 4.79 Å². The summed E-state index contributed by atoms with van der Waals surface area (Å²) in [6, 6.07) is 21.9. The molecule has 2 heterocycles. The van der Waals surface area contributed by atoms with Crippen LogP contribution in [0.25, 0.3) is 27.5 Å². The van der Waals surface area contributed by atoms with Gasteiger partial charge in [-0.25, -0.2) is 4.68 Å². The SMILES string of the molecule is Cc1ccc(-n2cc(Cn3c4ccccc4c(=O)c4cc(C)ccc43)nn2)cc1. The Morgan fingerprint density at radius 1 is 0.828 bits per heavy atom. The smallest absolute Gasteiger partial charge is 0.197 e. The van der Waals surface area contributed by atoms with Gasteiger partial charge in [0.1, 0.15) is 5.69 Å². The number of aryl methyl sites for hydroxylation is 2. The van der Waals surface area contributed by atoms with Crippen LogP contribution in [0.4, 0.5) is 0 Å². The number of benzene rings is 3. The Hall–Kier alpha value is -3.73. The molecule has 0 aliphatic rings. The lowest BCUT2D eigenvalue weighted by molar-refractivity contribution is 0.782. The normalized spacial score (nSPS) is 11.4. The molecule has 5 rings (SSSR count). The van der Waals surface area contributed by atoms with Crippen molar-refractivity contribution in [2.45, 2.75) is 20.4 Å². The van der Waals surface area contributed by atoms with Gasteiger partial charge in [0.05, 0.1) is 29.5 Å². The highest BCUT2D eigenvalue weighted by atomic mass is 16.1. The predicted molar refractivity (Wildman–Crippen MR) is 116 cm³/mol. The number of rotatable bonds is 3. The van der Waals surface area contributed by atoms with E-state index in [2.05, 4.69) is 33.9 Å². The molecule has 0 N–H and O–H groups in total. The molecule has 0 atom stereocenters. The first-order chi connectivity index (χ1) is 14.1.